The van der Waals surface area contributed by atoms with Gasteiger partial charge in [-0.05, 0) is 46.7 Å². The molecule has 2 aliphatic heterocycles. The Morgan fingerprint density at radius 3 is 2.16 bits per heavy atom. The molecule has 19 heavy (non-hydrogen) atoms. The standard InChI is InChI=1S/C15H31N3O/c1-11-8-18(9-14(11)17(4)5)15(10-16)6-12(2)19-13(3)7-15/h11-14H,6-10,16H2,1-5H3. The Bertz CT molecular complexity index is 298. The predicted octanol–water partition coefficient (Wildman–Crippen LogP) is 1.15. The van der Waals surface area contributed by atoms with E-state index in [1.54, 1.807) is 0 Å². The molecule has 0 amide bonds. The van der Waals surface area contributed by atoms with Crippen LogP contribution in [0.25, 0.3) is 0 Å². The highest BCUT2D eigenvalue weighted by Gasteiger charge is 2.46. The van der Waals surface area contributed by atoms with Gasteiger partial charge in [0, 0.05) is 31.2 Å². The Kier molecular flexibility index (Phi) is 4.56. The van der Waals surface area contributed by atoms with Gasteiger partial charge in [-0.3, -0.25) is 4.90 Å². The zero-order valence-corrected chi connectivity index (χ0v) is 13.2. The van der Waals surface area contributed by atoms with Gasteiger partial charge in [0.1, 0.15) is 0 Å². The lowest BCUT2D eigenvalue weighted by Crippen LogP contribution is -2.59. The number of rotatable bonds is 3. The maximum Gasteiger partial charge on any atom is 0.0568 e. The van der Waals surface area contributed by atoms with Gasteiger partial charge in [0.15, 0.2) is 0 Å². The van der Waals surface area contributed by atoms with Crippen molar-refractivity contribution >= 4 is 0 Å². The highest BCUT2D eigenvalue weighted by molar-refractivity contribution is 5.02. The van der Waals surface area contributed by atoms with Crippen LogP contribution >= 0.6 is 0 Å². The van der Waals surface area contributed by atoms with Crippen LogP contribution in [0.1, 0.15) is 33.6 Å². The fourth-order valence-corrected chi connectivity index (χ4v) is 4.21. The van der Waals surface area contributed by atoms with E-state index in [9.17, 15) is 0 Å². The Hall–Kier alpha value is -0.160. The molecule has 2 rings (SSSR count). The first-order chi connectivity index (χ1) is 8.88. The second-order valence-corrected chi connectivity index (χ2v) is 7.01. The van der Waals surface area contributed by atoms with Gasteiger partial charge in [0.2, 0.25) is 0 Å². The number of nitrogens with zero attached hydrogens (tertiary/aromatic N) is 2. The van der Waals surface area contributed by atoms with Crippen LogP contribution < -0.4 is 5.73 Å². The van der Waals surface area contributed by atoms with E-state index in [1.807, 2.05) is 0 Å². The highest BCUT2D eigenvalue weighted by atomic mass is 16.5. The molecule has 0 aromatic heterocycles. The van der Waals surface area contributed by atoms with Crippen LogP contribution in [0.3, 0.4) is 0 Å². The van der Waals surface area contributed by atoms with Gasteiger partial charge in [-0.25, -0.2) is 0 Å². The molecule has 0 bridgehead atoms. The van der Waals surface area contributed by atoms with Crippen LogP contribution in [-0.2, 0) is 4.74 Å². The maximum atomic E-state index is 6.20. The SMILES string of the molecule is CC1CC(CN)(N2CC(C)C(N(C)C)C2)CC(C)O1. The summed E-state index contributed by atoms with van der Waals surface area (Å²) in [5, 5.41) is 0. The molecular formula is C15H31N3O. The van der Waals surface area contributed by atoms with E-state index in [2.05, 4.69) is 44.7 Å². The minimum absolute atomic E-state index is 0.149. The topological polar surface area (TPSA) is 41.7 Å². The van der Waals surface area contributed by atoms with Crippen LogP contribution in [0, 0.1) is 5.92 Å². The smallest absolute Gasteiger partial charge is 0.0568 e. The fourth-order valence-electron chi connectivity index (χ4n) is 4.21. The molecular weight excluding hydrogens is 238 g/mol. The molecule has 0 aromatic rings. The van der Waals surface area contributed by atoms with Crippen LogP contribution in [0.5, 0.6) is 0 Å². The second kappa shape index (κ2) is 5.68. The molecule has 2 saturated heterocycles. The van der Waals surface area contributed by atoms with Gasteiger partial charge in [0.25, 0.3) is 0 Å². The molecule has 4 nitrogen and oxygen atoms in total. The zero-order valence-electron chi connectivity index (χ0n) is 13.2. The van der Waals surface area contributed by atoms with E-state index in [4.69, 9.17) is 10.5 Å². The van der Waals surface area contributed by atoms with E-state index < -0.39 is 0 Å². The predicted molar refractivity (Wildman–Crippen MR) is 79.2 cm³/mol. The molecule has 4 atom stereocenters. The first kappa shape index (κ1) is 15.2. The summed E-state index contributed by atoms with van der Waals surface area (Å²) in [6.45, 7) is 9.79. The summed E-state index contributed by atoms with van der Waals surface area (Å²) in [5.74, 6) is 0.715. The van der Waals surface area contributed by atoms with Crippen LogP contribution in [0.4, 0.5) is 0 Å². The van der Waals surface area contributed by atoms with Crippen molar-refractivity contribution in [3.63, 3.8) is 0 Å². The fraction of sp³-hybridized carbons (Fsp3) is 1.00. The van der Waals surface area contributed by atoms with Gasteiger partial charge in [-0.2, -0.15) is 0 Å². The monoisotopic (exact) mass is 269 g/mol. The second-order valence-electron chi connectivity index (χ2n) is 7.01. The number of hydrogen-bond donors (Lipinski definition) is 1. The molecule has 0 aliphatic carbocycles. The maximum absolute atomic E-state index is 6.20. The minimum atomic E-state index is 0.149. The van der Waals surface area contributed by atoms with Gasteiger partial charge in [-0.15, -0.1) is 0 Å². The quantitative estimate of drug-likeness (QED) is 0.835. The van der Waals surface area contributed by atoms with Gasteiger partial charge in [0.05, 0.1) is 12.2 Å². The lowest BCUT2D eigenvalue weighted by Gasteiger charge is -2.48. The summed E-state index contributed by atoms with van der Waals surface area (Å²) in [7, 11) is 4.38. The number of likely N-dealkylation sites (N-methyl/N-ethyl adjacent to an activating group) is 1. The Morgan fingerprint density at radius 2 is 1.74 bits per heavy atom. The summed E-state index contributed by atoms with van der Waals surface area (Å²) >= 11 is 0. The summed E-state index contributed by atoms with van der Waals surface area (Å²) < 4.78 is 5.91. The molecule has 0 radical (unpaired) electrons. The van der Waals surface area contributed by atoms with Crippen molar-refractivity contribution in [1.82, 2.24) is 9.80 Å². The van der Waals surface area contributed by atoms with Gasteiger partial charge < -0.3 is 15.4 Å². The van der Waals surface area contributed by atoms with Gasteiger partial charge in [-0.1, -0.05) is 6.92 Å². The van der Waals surface area contributed by atoms with E-state index >= 15 is 0 Å². The Labute approximate surface area is 118 Å². The number of ether oxygens (including phenoxy) is 1. The average Bonchev–Trinajstić information content (AvgIpc) is 2.70. The van der Waals surface area contributed by atoms with Crippen molar-refractivity contribution in [2.45, 2.75) is 57.4 Å². The molecule has 0 aromatic carbocycles. The molecule has 0 spiro atoms. The molecule has 4 unspecified atom stereocenters. The number of hydrogen-bond acceptors (Lipinski definition) is 4. The van der Waals surface area contributed by atoms with Crippen LogP contribution in [0.15, 0.2) is 0 Å². The van der Waals surface area contributed by atoms with Crippen molar-refractivity contribution in [3.05, 3.63) is 0 Å². The molecule has 4 heteroatoms. The van der Waals surface area contributed by atoms with E-state index in [0.717, 1.165) is 25.9 Å². The zero-order chi connectivity index (χ0) is 14.2. The lowest BCUT2D eigenvalue weighted by molar-refractivity contribution is -0.0994. The normalized spacial score (nSPS) is 45.0. The third kappa shape index (κ3) is 2.97. The van der Waals surface area contributed by atoms with Crippen molar-refractivity contribution < 1.29 is 4.74 Å². The summed E-state index contributed by atoms with van der Waals surface area (Å²) in [6.07, 6.45) is 2.78. The first-order valence-corrected chi connectivity index (χ1v) is 7.65. The van der Waals surface area contributed by atoms with E-state index in [-0.39, 0.29) is 5.54 Å². The van der Waals surface area contributed by atoms with E-state index in [1.165, 1.54) is 6.54 Å². The molecule has 2 heterocycles. The van der Waals surface area contributed by atoms with E-state index in [0.29, 0.717) is 24.2 Å². The van der Waals surface area contributed by atoms with Crippen molar-refractivity contribution in [1.29, 1.82) is 0 Å². The molecule has 2 aliphatic rings. The Morgan fingerprint density at radius 1 is 1.16 bits per heavy atom. The first-order valence-electron chi connectivity index (χ1n) is 7.65. The minimum Gasteiger partial charge on any atom is -0.375 e. The number of nitrogens with two attached hydrogens (primary N) is 1. The number of likely N-dealkylation sites (tertiary alicyclic amines) is 1. The van der Waals surface area contributed by atoms with Crippen LogP contribution in [-0.4, -0.2) is 67.3 Å². The molecule has 2 fully saturated rings. The van der Waals surface area contributed by atoms with Crippen LogP contribution in [0.2, 0.25) is 0 Å². The summed E-state index contributed by atoms with van der Waals surface area (Å²) in [4.78, 5) is 5.01. The Balaban J connectivity index is 2.14. The van der Waals surface area contributed by atoms with Crippen molar-refractivity contribution in [3.8, 4) is 0 Å². The largest absolute Gasteiger partial charge is 0.375 e. The summed E-state index contributed by atoms with van der Waals surface area (Å²) in [5.41, 5.74) is 6.35. The average molecular weight is 269 g/mol. The van der Waals surface area contributed by atoms with Crippen molar-refractivity contribution in [2.24, 2.45) is 11.7 Å². The third-order valence-corrected chi connectivity index (χ3v) is 5.09. The third-order valence-electron chi connectivity index (χ3n) is 5.09. The lowest BCUT2D eigenvalue weighted by atomic mass is 9.82. The van der Waals surface area contributed by atoms with Gasteiger partial charge >= 0.3 is 0 Å². The molecule has 112 valence electrons. The highest BCUT2D eigenvalue weighted by Crippen LogP contribution is 2.37. The molecule has 0 saturated carbocycles. The summed E-state index contributed by atoms with van der Waals surface area (Å²) in [6, 6.07) is 0.650. The molecule has 2 N–H and O–H groups in total. The van der Waals surface area contributed by atoms with Crippen molar-refractivity contribution in [2.75, 3.05) is 33.7 Å².